The molecule has 2 aromatic heterocycles. The predicted molar refractivity (Wildman–Crippen MR) is 81.7 cm³/mol. The molecule has 3 aromatic rings. The monoisotopic (exact) mass is 300 g/mol. The van der Waals surface area contributed by atoms with Crippen LogP contribution in [0.5, 0.6) is 0 Å². The molecule has 0 radical (unpaired) electrons. The smallest absolute Gasteiger partial charge is 0.310 e. The first kappa shape index (κ1) is 13.6. The molecule has 0 aliphatic carbocycles. The molecule has 5 heteroatoms. The minimum absolute atomic E-state index is 0.519. The van der Waals surface area contributed by atoms with E-state index in [1.807, 2.05) is 41.1 Å². The van der Waals surface area contributed by atoms with Crippen LogP contribution in [-0.4, -0.2) is 20.5 Å². The Hall–Kier alpha value is -2.33. The quantitative estimate of drug-likeness (QED) is 0.799. The highest BCUT2D eigenvalue weighted by Gasteiger charge is 2.20. The molecule has 3 rings (SSSR count). The second kappa shape index (κ2) is 5.22. The average Bonchev–Trinajstić information content (AvgIpc) is 2.89. The van der Waals surface area contributed by atoms with Gasteiger partial charge in [-0.15, -0.1) is 0 Å². The van der Waals surface area contributed by atoms with Crippen LogP contribution in [0.25, 0.3) is 16.9 Å². The van der Waals surface area contributed by atoms with Crippen LogP contribution in [0.3, 0.4) is 0 Å². The molecule has 0 saturated carbocycles. The second-order valence-corrected chi connectivity index (χ2v) is 5.32. The van der Waals surface area contributed by atoms with Crippen molar-refractivity contribution in [1.82, 2.24) is 9.38 Å². The summed E-state index contributed by atoms with van der Waals surface area (Å²) in [5.41, 5.74) is 3.01. The van der Waals surface area contributed by atoms with Crippen molar-refractivity contribution < 1.29 is 9.90 Å². The zero-order valence-corrected chi connectivity index (χ0v) is 12.1. The van der Waals surface area contributed by atoms with Gasteiger partial charge in [0, 0.05) is 23.0 Å². The summed E-state index contributed by atoms with van der Waals surface area (Å²) in [5, 5.41) is 9.79. The summed E-state index contributed by atoms with van der Waals surface area (Å²) in [4.78, 5) is 15.8. The maximum absolute atomic E-state index is 11.3. The normalized spacial score (nSPS) is 12.5. The summed E-state index contributed by atoms with van der Waals surface area (Å²) in [6.07, 6.45) is 3.79. The largest absolute Gasteiger partial charge is 0.481 e. The second-order valence-electron chi connectivity index (χ2n) is 4.88. The third kappa shape index (κ3) is 2.50. The van der Waals surface area contributed by atoms with Crippen LogP contribution in [0.1, 0.15) is 18.4 Å². The van der Waals surface area contributed by atoms with Gasteiger partial charge in [0.25, 0.3) is 0 Å². The zero-order chi connectivity index (χ0) is 15.0. The van der Waals surface area contributed by atoms with Gasteiger partial charge >= 0.3 is 5.97 Å². The Labute approximate surface area is 126 Å². The van der Waals surface area contributed by atoms with E-state index in [1.54, 1.807) is 19.1 Å². The molecule has 0 aliphatic heterocycles. The summed E-state index contributed by atoms with van der Waals surface area (Å²) >= 11 is 6.01. The molecule has 0 spiro atoms. The third-order valence-electron chi connectivity index (χ3n) is 3.49. The van der Waals surface area contributed by atoms with Crippen LogP contribution in [0.2, 0.25) is 5.02 Å². The van der Waals surface area contributed by atoms with E-state index in [1.165, 1.54) is 0 Å². The van der Waals surface area contributed by atoms with Gasteiger partial charge in [0.2, 0.25) is 0 Å². The maximum atomic E-state index is 11.3. The van der Waals surface area contributed by atoms with E-state index in [9.17, 15) is 9.90 Å². The predicted octanol–water partition coefficient (Wildman–Crippen LogP) is 3.84. The molecule has 0 bridgehead atoms. The Balaban J connectivity index is 2.19. The number of halogens is 1. The molecule has 21 heavy (non-hydrogen) atoms. The van der Waals surface area contributed by atoms with Crippen molar-refractivity contribution in [1.29, 1.82) is 0 Å². The van der Waals surface area contributed by atoms with Crippen molar-refractivity contribution in [2.75, 3.05) is 0 Å². The van der Waals surface area contributed by atoms with Gasteiger partial charge in [-0.3, -0.25) is 4.79 Å². The molecule has 0 saturated heterocycles. The van der Waals surface area contributed by atoms with Crippen molar-refractivity contribution in [2.24, 2.45) is 0 Å². The lowest BCUT2D eigenvalue weighted by molar-refractivity contribution is -0.138. The van der Waals surface area contributed by atoms with Crippen molar-refractivity contribution in [3.8, 4) is 11.3 Å². The molecular weight excluding hydrogens is 288 g/mol. The first-order valence-corrected chi connectivity index (χ1v) is 6.90. The maximum Gasteiger partial charge on any atom is 0.310 e. The molecule has 2 heterocycles. The van der Waals surface area contributed by atoms with Gasteiger partial charge in [0.15, 0.2) is 0 Å². The number of hydrogen-bond acceptors (Lipinski definition) is 2. The number of aromatic nitrogens is 2. The Kier molecular flexibility index (Phi) is 3.39. The van der Waals surface area contributed by atoms with Crippen LogP contribution in [0.15, 0.2) is 48.8 Å². The van der Waals surface area contributed by atoms with Crippen LogP contribution in [0, 0.1) is 0 Å². The first-order valence-electron chi connectivity index (χ1n) is 6.52. The van der Waals surface area contributed by atoms with E-state index in [0.29, 0.717) is 10.6 Å². The van der Waals surface area contributed by atoms with Crippen LogP contribution in [-0.2, 0) is 4.79 Å². The molecule has 0 aliphatic rings. The van der Waals surface area contributed by atoms with Crippen molar-refractivity contribution in [3.05, 3.63) is 59.4 Å². The molecule has 1 aromatic carbocycles. The fourth-order valence-corrected chi connectivity index (χ4v) is 2.50. The first-order chi connectivity index (χ1) is 10.1. The number of imidazole rings is 1. The van der Waals surface area contributed by atoms with Gasteiger partial charge in [-0.25, -0.2) is 4.98 Å². The lowest BCUT2D eigenvalue weighted by Gasteiger charge is -2.12. The number of benzene rings is 1. The standard InChI is InChI=1S/C16H13ClN2O2/c1-10(16(20)21)13-8-11(17)5-6-12(13)14-9-19-7-3-2-4-15(19)18-14/h2-10H,1H3,(H,20,21). The zero-order valence-electron chi connectivity index (χ0n) is 11.3. The minimum Gasteiger partial charge on any atom is -0.481 e. The Morgan fingerprint density at radius 1 is 1.33 bits per heavy atom. The lowest BCUT2D eigenvalue weighted by atomic mass is 9.94. The van der Waals surface area contributed by atoms with E-state index in [2.05, 4.69) is 4.98 Å². The van der Waals surface area contributed by atoms with Gasteiger partial charge in [-0.05, 0) is 36.8 Å². The number of fused-ring (bicyclic) bond motifs is 1. The number of carboxylic acid groups (broad SMARTS) is 1. The summed E-state index contributed by atoms with van der Waals surface area (Å²) in [6.45, 7) is 1.65. The third-order valence-corrected chi connectivity index (χ3v) is 3.73. The summed E-state index contributed by atoms with van der Waals surface area (Å²) in [5.74, 6) is -1.54. The Morgan fingerprint density at radius 2 is 2.14 bits per heavy atom. The van der Waals surface area contributed by atoms with E-state index in [0.717, 1.165) is 16.9 Å². The summed E-state index contributed by atoms with van der Waals surface area (Å²) < 4.78 is 1.90. The highest BCUT2D eigenvalue weighted by atomic mass is 35.5. The SMILES string of the molecule is CC(C(=O)O)c1cc(Cl)ccc1-c1cn2ccccc2n1. The molecule has 0 amide bonds. The van der Waals surface area contributed by atoms with Gasteiger partial charge in [0.1, 0.15) is 5.65 Å². The number of aliphatic carboxylic acids is 1. The number of hydrogen-bond donors (Lipinski definition) is 1. The molecule has 1 unspecified atom stereocenters. The molecule has 0 fully saturated rings. The molecule has 4 nitrogen and oxygen atoms in total. The topological polar surface area (TPSA) is 54.6 Å². The highest BCUT2D eigenvalue weighted by Crippen LogP contribution is 2.31. The van der Waals surface area contributed by atoms with E-state index >= 15 is 0 Å². The number of pyridine rings is 1. The van der Waals surface area contributed by atoms with Gasteiger partial charge in [0.05, 0.1) is 11.6 Å². The van der Waals surface area contributed by atoms with E-state index in [-0.39, 0.29) is 0 Å². The van der Waals surface area contributed by atoms with Gasteiger partial charge in [-0.1, -0.05) is 23.7 Å². The fraction of sp³-hybridized carbons (Fsp3) is 0.125. The van der Waals surface area contributed by atoms with Gasteiger partial charge in [-0.2, -0.15) is 0 Å². The minimum atomic E-state index is -0.887. The van der Waals surface area contributed by atoms with E-state index in [4.69, 9.17) is 11.6 Å². The van der Waals surface area contributed by atoms with Crippen molar-refractivity contribution >= 4 is 23.2 Å². The number of carboxylic acids is 1. The van der Waals surface area contributed by atoms with Crippen molar-refractivity contribution in [3.63, 3.8) is 0 Å². The average molecular weight is 301 g/mol. The summed E-state index contributed by atoms with van der Waals surface area (Å²) in [6, 6.07) is 11.0. The summed E-state index contributed by atoms with van der Waals surface area (Å²) in [7, 11) is 0. The van der Waals surface area contributed by atoms with Crippen LogP contribution < -0.4 is 0 Å². The number of rotatable bonds is 3. The highest BCUT2D eigenvalue weighted by molar-refractivity contribution is 6.30. The van der Waals surface area contributed by atoms with Gasteiger partial charge < -0.3 is 9.51 Å². The van der Waals surface area contributed by atoms with E-state index < -0.39 is 11.9 Å². The number of nitrogens with zero attached hydrogens (tertiary/aromatic N) is 2. The molecule has 1 atom stereocenters. The fourth-order valence-electron chi connectivity index (χ4n) is 2.32. The Bertz CT molecular complexity index is 793. The van der Waals surface area contributed by atoms with Crippen LogP contribution >= 0.6 is 11.6 Å². The van der Waals surface area contributed by atoms with Crippen molar-refractivity contribution in [2.45, 2.75) is 12.8 Å². The lowest BCUT2D eigenvalue weighted by Crippen LogP contribution is -2.08. The Morgan fingerprint density at radius 3 is 2.86 bits per heavy atom. The molecular formula is C16H13ClN2O2. The number of carbonyl (C=O) groups is 1. The molecule has 106 valence electrons. The van der Waals surface area contributed by atoms with Crippen LogP contribution in [0.4, 0.5) is 0 Å². The molecule has 1 N–H and O–H groups in total.